The van der Waals surface area contributed by atoms with Crippen LogP contribution in [0.4, 0.5) is 4.39 Å². The average molecular weight is 348 g/mol. The summed E-state index contributed by atoms with van der Waals surface area (Å²) in [6, 6.07) is 4.55. The summed E-state index contributed by atoms with van der Waals surface area (Å²) in [6.07, 6.45) is 4.24. The van der Waals surface area contributed by atoms with Gasteiger partial charge in [0.1, 0.15) is 5.82 Å². The molecule has 1 heterocycles. The highest BCUT2D eigenvalue weighted by Crippen LogP contribution is 2.23. The summed E-state index contributed by atoms with van der Waals surface area (Å²) in [7, 11) is 1.39. The number of carbonyl (C=O) groups excluding carboxylic acids is 2. The van der Waals surface area contributed by atoms with Gasteiger partial charge in [-0.15, -0.1) is 0 Å². The van der Waals surface area contributed by atoms with Gasteiger partial charge in [-0.3, -0.25) is 9.59 Å². The Labute approximate surface area is 146 Å². The minimum absolute atomic E-state index is 0.0668. The molecule has 6 heteroatoms. The smallest absolute Gasteiger partial charge is 0.305 e. The first-order chi connectivity index (χ1) is 12.0. The van der Waals surface area contributed by atoms with Crippen LogP contribution < -0.4 is 5.32 Å². The SMILES string of the molecule is COC(=O)CCCCCCNC(=O)Cc1c(C)[nH]c2ccc(F)cc12. The lowest BCUT2D eigenvalue weighted by atomic mass is 10.1. The highest BCUT2D eigenvalue weighted by Gasteiger charge is 2.13. The van der Waals surface area contributed by atoms with Gasteiger partial charge >= 0.3 is 5.97 Å². The lowest BCUT2D eigenvalue weighted by Crippen LogP contribution is -2.26. The lowest BCUT2D eigenvalue weighted by molar-refractivity contribution is -0.140. The third kappa shape index (κ3) is 5.59. The predicted octanol–water partition coefficient (Wildman–Crippen LogP) is 3.40. The number of hydrogen-bond acceptors (Lipinski definition) is 3. The Kier molecular flexibility index (Phi) is 6.98. The molecule has 0 bridgehead atoms. The van der Waals surface area contributed by atoms with Crippen molar-refractivity contribution in [1.82, 2.24) is 10.3 Å². The summed E-state index contributed by atoms with van der Waals surface area (Å²) in [4.78, 5) is 26.3. The van der Waals surface area contributed by atoms with E-state index >= 15 is 0 Å². The van der Waals surface area contributed by atoms with Gasteiger partial charge in [-0.05, 0) is 43.5 Å². The molecular weight excluding hydrogens is 323 g/mol. The monoisotopic (exact) mass is 348 g/mol. The number of ether oxygens (including phenoxy) is 1. The number of aryl methyl sites for hydroxylation is 1. The largest absolute Gasteiger partial charge is 0.469 e. The van der Waals surface area contributed by atoms with E-state index in [4.69, 9.17) is 0 Å². The van der Waals surface area contributed by atoms with Gasteiger partial charge in [0.05, 0.1) is 13.5 Å². The first kappa shape index (κ1) is 19.0. The Balaban J connectivity index is 1.73. The van der Waals surface area contributed by atoms with Crippen molar-refractivity contribution in [2.24, 2.45) is 0 Å². The number of benzene rings is 1. The molecule has 0 saturated heterocycles. The van der Waals surface area contributed by atoms with E-state index in [9.17, 15) is 14.0 Å². The fraction of sp³-hybridized carbons (Fsp3) is 0.474. The van der Waals surface area contributed by atoms with E-state index in [0.717, 1.165) is 47.8 Å². The van der Waals surface area contributed by atoms with Gasteiger partial charge in [-0.2, -0.15) is 0 Å². The molecule has 2 aromatic rings. The molecule has 0 unspecified atom stereocenters. The van der Waals surface area contributed by atoms with Crippen molar-refractivity contribution in [2.45, 2.75) is 45.4 Å². The number of nitrogens with one attached hydrogen (secondary N) is 2. The van der Waals surface area contributed by atoms with E-state index in [-0.39, 0.29) is 24.1 Å². The standard InChI is InChI=1S/C19H25FN2O3/c1-13-15(16-11-14(20)8-9-17(16)22-13)12-18(23)21-10-6-4-3-5-7-19(24)25-2/h8-9,11,22H,3-7,10,12H2,1-2H3,(H,21,23). The molecular formula is C19H25FN2O3. The molecule has 0 fully saturated rings. The van der Waals surface area contributed by atoms with Gasteiger partial charge in [-0.25, -0.2) is 4.39 Å². The number of esters is 1. The molecule has 1 aromatic carbocycles. The normalized spacial score (nSPS) is 10.8. The molecule has 2 rings (SSSR count). The minimum atomic E-state index is -0.305. The summed E-state index contributed by atoms with van der Waals surface area (Å²) in [5.41, 5.74) is 2.57. The zero-order valence-electron chi connectivity index (χ0n) is 14.8. The number of amides is 1. The van der Waals surface area contributed by atoms with Crippen LogP contribution in [-0.4, -0.2) is 30.5 Å². The van der Waals surface area contributed by atoms with Crippen LogP contribution in [0.1, 0.15) is 43.4 Å². The van der Waals surface area contributed by atoms with E-state index < -0.39 is 0 Å². The van der Waals surface area contributed by atoms with Gasteiger partial charge in [0, 0.05) is 29.6 Å². The summed E-state index contributed by atoms with van der Waals surface area (Å²) in [6.45, 7) is 2.49. The molecule has 2 N–H and O–H groups in total. The average Bonchev–Trinajstić information content (AvgIpc) is 2.89. The minimum Gasteiger partial charge on any atom is -0.469 e. The summed E-state index contributed by atoms with van der Waals surface area (Å²) < 4.78 is 18.0. The van der Waals surface area contributed by atoms with Crippen molar-refractivity contribution in [2.75, 3.05) is 13.7 Å². The van der Waals surface area contributed by atoms with E-state index in [1.54, 1.807) is 6.07 Å². The summed E-state index contributed by atoms with van der Waals surface area (Å²) in [5.74, 6) is -0.554. The van der Waals surface area contributed by atoms with E-state index in [0.29, 0.717) is 13.0 Å². The summed E-state index contributed by atoms with van der Waals surface area (Å²) >= 11 is 0. The fourth-order valence-corrected chi connectivity index (χ4v) is 2.88. The Bertz CT molecular complexity index is 740. The van der Waals surface area contributed by atoms with Crippen LogP contribution in [0.5, 0.6) is 0 Å². The Morgan fingerprint density at radius 1 is 1.20 bits per heavy atom. The van der Waals surface area contributed by atoms with Crippen LogP contribution in [0.15, 0.2) is 18.2 Å². The van der Waals surface area contributed by atoms with Crippen molar-refractivity contribution >= 4 is 22.8 Å². The van der Waals surface area contributed by atoms with Gasteiger partial charge in [-0.1, -0.05) is 12.8 Å². The summed E-state index contributed by atoms with van der Waals surface area (Å²) in [5, 5.41) is 3.66. The van der Waals surface area contributed by atoms with Crippen LogP contribution in [0.25, 0.3) is 10.9 Å². The quantitative estimate of drug-likeness (QED) is 0.539. The number of carbonyl (C=O) groups is 2. The van der Waals surface area contributed by atoms with Crippen LogP contribution in [0.3, 0.4) is 0 Å². The Morgan fingerprint density at radius 3 is 2.72 bits per heavy atom. The second-order valence-electron chi connectivity index (χ2n) is 6.19. The Hall–Kier alpha value is -2.37. The molecule has 0 spiro atoms. The van der Waals surface area contributed by atoms with Crippen molar-refractivity contribution in [1.29, 1.82) is 0 Å². The van der Waals surface area contributed by atoms with E-state index in [1.807, 2.05) is 6.92 Å². The van der Waals surface area contributed by atoms with E-state index in [1.165, 1.54) is 19.2 Å². The number of fused-ring (bicyclic) bond motifs is 1. The zero-order chi connectivity index (χ0) is 18.2. The second-order valence-corrected chi connectivity index (χ2v) is 6.19. The number of rotatable bonds is 9. The zero-order valence-corrected chi connectivity index (χ0v) is 14.8. The number of aromatic amines is 1. The highest BCUT2D eigenvalue weighted by atomic mass is 19.1. The van der Waals surface area contributed by atoms with Gasteiger partial charge < -0.3 is 15.0 Å². The molecule has 0 aliphatic carbocycles. The van der Waals surface area contributed by atoms with Crippen molar-refractivity contribution in [3.05, 3.63) is 35.3 Å². The maximum absolute atomic E-state index is 13.4. The molecule has 1 aromatic heterocycles. The van der Waals surface area contributed by atoms with Gasteiger partial charge in [0.2, 0.25) is 5.91 Å². The van der Waals surface area contributed by atoms with Crippen molar-refractivity contribution < 1.29 is 18.7 Å². The number of hydrogen-bond donors (Lipinski definition) is 2. The van der Waals surface area contributed by atoms with Crippen molar-refractivity contribution in [3.63, 3.8) is 0 Å². The van der Waals surface area contributed by atoms with E-state index in [2.05, 4.69) is 15.0 Å². The van der Waals surface area contributed by atoms with Crippen molar-refractivity contribution in [3.8, 4) is 0 Å². The molecule has 0 atom stereocenters. The fourth-order valence-electron chi connectivity index (χ4n) is 2.88. The van der Waals surface area contributed by atoms with Gasteiger partial charge in [0.25, 0.3) is 0 Å². The lowest BCUT2D eigenvalue weighted by Gasteiger charge is -2.06. The second kappa shape index (κ2) is 9.20. The highest BCUT2D eigenvalue weighted by molar-refractivity contribution is 5.90. The number of H-pyrrole nitrogens is 1. The number of halogens is 1. The van der Waals surface area contributed by atoms with Crippen LogP contribution in [-0.2, 0) is 20.7 Å². The van der Waals surface area contributed by atoms with Crippen LogP contribution >= 0.6 is 0 Å². The molecule has 0 aliphatic heterocycles. The maximum atomic E-state index is 13.4. The first-order valence-electron chi connectivity index (χ1n) is 8.61. The number of methoxy groups -OCH3 is 1. The first-order valence-corrected chi connectivity index (χ1v) is 8.61. The number of unbranched alkanes of at least 4 members (excludes halogenated alkanes) is 3. The molecule has 0 saturated carbocycles. The third-order valence-corrected chi connectivity index (χ3v) is 4.28. The molecule has 136 valence electrons. The number of aromatic nitrogens is 1. The van der Waals surface area contributed by atoms with Crippen LogP contribution in [0.2, 0.25) is 0 Å². The molecule has 25 heavy (non-hydrogen) atoms. The predicted molar refractivity (Wildman–Crippen MR) is 94.8 cm³/mol. The third-order valence-electron chi connectivity index (χ3n) is 4.28. The maximum Gasteiger partial charge on any atom is 0.305 e. The molecule has 1 amide bonds. The molecule has 0 aliphatic rings. The van der Waals surface area contributed by atoms with Crippen LogP contribution in [0, 0.1) is 12.7 Å². The topological polar surface area (TPSA) is 71.2 Å². The molecule has 0 radical (unpaired) electrons. The van der Waals surface area contributed by atoms with Gasteiger partial charge in [0.15, 0.2) is 0 Å². The molecule has 5 nitrogen and oxygen atoms in total. The Morgan fingerprint density at radius 2 is 1.96 bits per heavy atom.